The molecule has 4 aromatic rings. The number of carbonyl (C=O) groups excluding carboxylic acids is 1. The van der Waals surface area contributed by atoms with E-state index in [2.05, 4.69) is 4.98 Å². The van der Waals surface area contributed by atoms with Gasteiger partial charge in [-0.3, -0.25) is 14.9 Å². The van der Waals surface area contributed by atoms with Crippen molar-refractivity contribution in [3.8, 4) is 0 Å². The molecule has 0 fully saturated rings. The van der Waals surface area contributed by atoms with E-state index in [-0.39, 0.29) is 35.0 Å². The number of ketones is 1. The fourth-order valence-electron chi connectivity index (χ4n) is 3.05. The molecule has 0 saturated heterocycles. The zero-order valence-electron chi connectivity index (χ0n) is 14.1. The summed E-state index contributed by atoms with van der Waals surface area (Å²) in [7, 11) is 0. The summed E-state index contributed by atoms with van der Waals surface area (Å²) >= 11 is 0. The van der Waals surface area contributed by atoms with Gasteiger partial charge in [0.1, 0.15) is 5.52 Å². The molecule has 0 saturated carbocycles. The highest BCUT2D eigenvalue weighted by Gasteiger charge is 2.18. The maximum absolute atomic E-state index is 12.7. The van der Waals surface area contributed by atoms with Crippen LogP contribution in [0.1, 0.15) is 10.4 Å². The molecule has 4 rings (SSSR count). The monoisotopic (exact) mass is 423 g/mol. The minimum atomic E-state index is -0.481. The first-order chi connectivity index (χ1) is 12.6. The normalized spacial score (nSPS) is 10.5. The third-order valence-corrected chi connectivity index (χ3v) is 4.32. The zero-order chi connectivity index (χ0) is 18.1. The van der Waals surface area contributed by atoms with Gasteiger partial charge in [0.05, 0.1) is 4.92 Å². The summed E-state index contributed by atoms with van der Waals surface area (Å²) in [6, 6.07) is 17.4. The molecule has 2 heterocycles. The number of rotatable bonds is 4. The summed E-state index contributed by atoms with van der Waals surface area (Å²) in [6.45, 7) is 0.130. The summed E-state index contributed by atoms with van der Waals surface area (Å²) in [6.07, 6.45) is 3.58. The van der Waals surface area contributed by atoms with Crippen molar-refractivity contribution in [1.82, 2.24) is 4.98 Å². The van der Waals surface area contributed by atoms with E-state index in [1.54, 1.807) is 6.20 Å². The van der Waals surface area contributed by atoms with E-state index in [1.165, 1.54) is 24.3 Å². The Morgan fingerprint density at radius 2 is 1.70 bits per heavy atom. The van der Waals surface area contributed by atoms with Crippen molar-refractivity contribution in [2.45, 2.75) is 6.54 Å². The van der Waals surface area contributed by atoms with E-state index in [9.17, 15) is 14.9 Å². The van der Waals surface area contributed by atoms with Crippen molar-refractivity contribution in [3.05, 3.63) is 88.7 Å². The number of pyridine rings is 2. The van der Waals surface area contributed by atoms with Gasteiger partial charge in [0.25, 0.3) is 5.69 Å². The number of Topliss-reactive ketones (excluding diaryl/α,β-unsaturated/α-hetero) is 1. The third-order valence-electron chi connectivity index (χ3n) is 4.32. The number of nitro benzene ring substituents is 1. The Hall–Kier alpha value is -3.19. The lowest BCUT2D eigenvalue weighted by molar-refractivity contribution is -0.656. The van der Waals surface area contributed by atoms with Gasteiger partial charge in [-0.1, -0.05) is 12.1 Å². The van der Waals surface area contributed by atoms with Crippen LogP contribution in [0.2, 0.25) is 0 Å². The number of hydrogen-bond donors (Lipinski definition) is 0. The third kappa shape index (κ3) is 3.54. The van der Waals surface area contributed by atoms with Crippen LogP contribution in [0.4, 0.5) is 5.69 Å². The summed E-state index contributed by atoms with van der Waals surface area (Å²) in [5.41, 5.74) is 2.13. The molecule has 0 N–H and O–H groups in total. The fourth-order valence-corrected chi connectivity index (χ4v) is 3.05. The van der Waals surface area contributed by atoms with E-state index < -0.39 is 4.92 Å². The maximum Gasteiger partial charge on any atom is 0.269 e. The molecule has 0 bridgehead atoms. The lowest BCUT2D eigenvalue weighted by atomic mass is 10.1. The second-order valence-electron chi connectivity index (χ2n) is 5.94. The van der Waals surface area contributed by atoms with E-state index in [0.29, 0.717) is 5.56 Å². The van der Waals surface area contributed by atoms with Gasteiger partial charge in [-0.2, -0.15) is 4.57 Å². The highest BCUT2D eigenvalue weighted by Crippen LogP contribution is 2.20. The minimum absolute atomic E-state index is 0. The molecule has 0 aliphatic rings. The van der Waals surface area contributed by atoms with Gasteiger partial charge in [-0.15, -0.1) is 0 Å². The molecule has 0 radical (unpaired) electrons. The Morgan fingerprint density at radius 3 is 2.44 bits per heavy atom. The van der Waals surface area contributed by atoms with Crippen LogP contribution in [-0.4, -0.2) is 15.7 Å². The van der Waals surface area contributed by atoms with Gasteiger partial charge in [0.15, 0.2) is 6.20 Å². The Kier molecular flexibility index (Phi) is 5.23. The Labute approximate surface area is 165 Å². The molecule has 0 atom stereocenters. The molecule has 6 nitrogen and oxygen atoms in total. The maximum atomic E-state index is 12.7. The van der Waals surface area contributed by atoms with Gasteiger partial charge >= 0.3 is 0 Å². The first-order valence-electron chi connectivity index (χ1n) is 8.07. The number of nitro groups is 1. The number of halogens is 1. The molecule has 7 heteroatoms. The van der Waals surface area contributed by atoms with Crippen LogP contribution in [-0.2, 0) is 6.54 Å². The number of benzene rings is 2. The molecule has 0 unspecified atom stereocenters. The number of aromatic nitrogens is 2. The first kappa shape index (κ1) is 18.6. The summed E-state index contributed by atoms with van der Waals surface area (Å²) in [4.78, 5) is 27.4. The van der Waals surface area contributed by atoms with E-state index in [0.717, 1.165) is 21.8 Å². The summed E-state index contributed by atoms with van der Waals surface area (Å²) < 4.78 is 1.87. The number of fused-ring (bicyclic) bond motifs is 3. The molecular formula is C20H14BrN3O3. The van der Waals surface area contributed by atoms with Gasteiger partial charge < -0.3 is 17.0 Å². The quantitative estimate of drug-likeness (QED) is 0.157. The average molecular weight is 424 g/mol. The standard InChI is InChI=1S/C20H14N3O3.BrH/c24-18(14-7-9-17(10-8-14)23(25)26)13-22-12-2-4-16-6-5-15-3-1-11-21-19(15)20(16)22;/h1-12H,13H2;1H/q+1;/p-1. The van der Waals surface area contributed by atoms with Crippen LogP contribution in [0.25, 0.3) is 21.8 Å². The first-order valence-corrected chi connectivity index (χ1v) is 8.07. The second kappa shape index (κ2) is 7.59. The van der Waals surface area contributed by atoms with Crippen LogP contribution >= 0.6 is 0 Å². The molecule has 27 heavy (non-hydrogen) atoms. The second-order valence-corrected chi connectivity index (χ2v) is 5.94. The van der Waals surface area contributed by atoms with Crippen molar-refractivity contribution in [2.24, 2.45) is 0 Å². The molecule has 2 aromatic carbocycles. The summed E-state index contributed by atoms with van der Waals surface area (Å²) in [5.74, 6) is -0.120. The van der Waals surface area contributed by atoms with E-state index >= 15 is 0 Å². The van der Waals surface area contributed by atoms with Gasteiger partial charge in [0, 0.05) is 40.7 Å². The molecule has 134 valence electrons. The minimum Gasteiger partial charge on any atom is -1.00 e. The topological polar surface area (TPSA) is 77.0 Å². The number of non-ortho nitro benzene ring substituents is 1. The predicted octanol–water partition coefficient (Wildman–Crippen LogP) is 0.471. The smallest absolute Gasteiger partial charge is 0.269 e. The molecule has 0 aliphatic carbocycles. The molecular weight excluding hydrogens is 410 g/mol. The molecule has 0 aliphatic heterocycles. The van der Waals surface area contributed by atoms with Crippen molar-refractivity contribution >= 4 is 33.3 Å². The number of carbonyl (C=O) groups is 1. The zero-order valence-corrected chi connectivity index (χ0v) is 15.7. The number of hydrogen-bond acceptors (Lipinski definition) is 4. The van der Waals surface area contributed by atoms with Crippen molar-refractivity contribution < 1.29 is 31.3 Å². The van der Waals surface area contributed by atoms with Crippen LogP contribution in [0.15, 0.2) is 73.1 Å². The highest BCUT2D eigenvalue weighted by molar-refractivity contribution is 6.01. The predicted molar refractivity (Wildman–Crippen MR) is 96.9 cm³/mol. The molecule has 2 aromatic heterocycles. The lowest BCUT2D eigenvalue weighted by Crippen LogP contribution is -3.00. The van der Waals surface area contributed by atoms with Crippen molar-refractivity contribution in [2.75, 3.05) is 0 Å². The Balaban J connectivity index is 0.00000210. The largest absolute Gasteiger partial charge is 1.00 e. The van der Waals surface area contributed by atoms with Crippen LogP contribution in [0.5, 0.6) is 0 Å². The average Bonchev–Trinajstić information content (AvgIpc) is 2.68. The number of nitrogens with zero attached hydrogens (tertiary/aromatic N) is 3. The van der Waals surface area contributed by atoms with Crippen molar-refractivity contribution in [3.63, 3.8) is 0 Å². The fraction of sp³-hybridized carbons (Fsp3) is 0.0500. The van der Waals surface area contributed by atoms with Gasteiger partial charge in [-0.05, 0) is 30.3 Å². The Bertz CT molecular complexity index is 1160. The summed E-state index contributed by atoms with van der Waals surface area (Å²) in [5, 5.41) is 12.8. The lowest BCUT2D eigenvalue weighted by Gasteiger charge is -2.04. The SMILES string of the molecule is O=C(C[n+]1cccc2ccc3cccnc3c21)c1ccc([N+](=O)[O-])cc1.[Br-]. The molecule has 0 amide bonds. The molecule has 0 spiro atoms. The Morgan fingerprint density at radius 1 is 1.00 bits per heavy atom. The van der Waals surface area contributed by atoms with Crippen LogP contribution in [0, 0.1) is 10.1 Å². The van der Waals surface area contributed by atoms with E-state index in [1.807, 2.05) is 47.2 Å². The highest BCUT2D eigenvalue weighted by atomic mass is 79.9. The van der Waals surface area contributed by atoms with Crippen LogP contribution in [0.3, 0.4) is 0 Å². The van der Waals surface area contributed by atoms with Gasteiger partial charge in [-0.25, -0.2) is 4.98 Å². The van der Waals surface area contributed by atoms with E-state index in [4.69, 9.17) is 0 Å². The van der Waals surface area contributed by atoms with Crippen LogP contribution < -0.4 is 21.5 Å². The van der Waals surface area contributed by atoms with Crippen molar-refractivity contribution in [1.29, 1.82) is 0 Å². The van der Waals surface area contributed by atoms with Gasteiger partial charge in [0.2, 0.25) is 17.8 Å².